The minimum Gasteiger partial charge on any atom is -0.496 e. The van der Waals surface area contributed by atoms with Crippen LogP contribution in [0.3, 0.4) is 0 Å². The molecule has 2 aromatic carbocycles. The molecule has 0 bridgehead atoms. The van der Waals surface area contributed by atoms with Crippen molar-refractivity contribution in [1.29, 1.82) is 0 Å². The minimum atomic E-state index is 0.0935. The Morgan fingerprint density at radius 2 is 1.87 bits per heavy atom. The molecule has 8 nitrogen and oxygen atoms in total. The number of aromatic nitrogens is 2. The summed E-state index contributed by atoms with van der Waals surface area (Å²) in [5, 5.41) is 3.60. The van der Waals surface area contributed by atoms with Gasteiger partial charge in [0.1, 0.15) is 17.3 Å². The Labute approximate surface area is 227 Å². The molecule has 1 aromatic heterocycles. The summed E-state index contributed by atoms with van der Waals surface area (Å²) in [6.45, 7) is 6.91. The van der Waals surface area contributed by atoms with Crippen LogP contribution in [0.1, 0.15) is 48.6 Å². The number of nitrogens with zero attached hydrogens (tertiary/aromatic N) is 3. The van der Waals surface area contributed by atoms with E-state index in [0.29, 0.717) is 26.2 Å². The van der Waals surface area contributed by atoms with Gasteiger partial charge in [0.2, 0.25) is 5.95 Å². The number of nitrogens with two attached hydrogens (primary N) is 1. The van der Waals surface area contributed by atoms with Crippen molar-refractivity contribution in [2.45, 2.75) is 52.2 Å². The number of ether oxygens (including phenoxy) is 3. The number of rotatable bonds is 16. The van der Waals surface area contributed by atoms with Gasteiger partial charge in [-0.25, -0.2) is 4.98 Å². The lowest BCUT2D eigenvalue weighted by atomic mass is 10.0. The summed E-state index contributed by atoms with van der Waals surface area (Å²) >= 11 is 0. The number of hydrogen-bond donors (Lipinski definition) is 2. The molecule has 1 unspecified atom stereocenters. The molecule has 1 heterocycles. The summed E-state index contributed by atoms with van der Waals surface area (Å²) in [5.74, 6) is 2.56. The topological polar surface area (TPSA) is 94.8 Å². The second-order valence-electron chi connectivity index (χ2n) is 9.78. The number of anilines is 2. The molecule has 206 valence electrons. The fourth-order valence-corrected chi connectivity index (χ4v) is 4.30. The smallest absolute Gasteiger partial charge is 0.222 e. The summed E-state index contributed by atoms with van der Waals surface area (Å²) in [6.07, 6.45) is 3.52. The van der Waals surface area contributed by atoms with Gasteiger partial charge < -0.3 is 30.2 Å². The van der Waals surface area contributed by atoms with Crippen molar-refractivity contribution in [2.75, 3.05) is 52.0 Å². The molecule has 8 heteroatoms. The van der Waals surface area contributed by atoms with Gasteiger partial charge in [0.25, 0.3) is 0 Å². The summed E-state index contributed by atoms with van der Waals surface area (Å²) in [4.78, 5) is 11.2. The van der Waals surface area contributed by atoms with Gasteiger partial charge in [-0.1, -0.05) is 49.7 Å². The first-order chi connectivity index (χ1) is 18.4. The van der Waals surface area contributed by atoms with Crippen LogP contribution in [0.15, 0.2) is 48.5 Å². The number of methoxy groups -OCH3 is 1. The number of benzene rings is 2. The molecule has 3 rings (SSSR count). The average Bonchev–Trinajstić information content (AvgIpc) is 2.89. The van der Waals surface area contributed by atoms with Crippen LogP contribution in [-0.4, -0.2) is 61.9 Å². The monoisotopic (exact) mass is 521 g/mol. The molecule has 0 aliphatic carbocycles. The zero-order valence-electron chi connectivity index (χ0n) is 23.5. The predicted octanol–water partition coefficient (Wildman–Crippen LogP) is 5.09. The Bertz CT molecular complexity index is 1120. The van der Waals surface area contributed by atoms with Crippen LogP contribution in [0, 0.1) is 6.92 Å². The van der Waals surface area contributed by atoms with Crippen molar-refractivity contribution in [1.82, 2.24) is 14.9 Å². The van der Waals surface area contributed by atoms with E-state index in [0.717, 1.165) is 65.5 Å². The van der Waals surface area contributed by atoms with Gasteiger partial charge >= 0.3 is 0 Å². The third kappa shape index (κ3) is 9.19. The standard InChI is InChI=1S/C30H43N5O3/c1-6-11-25(21-37-20-23-12-8-7-9-13-23)33-29-27(22(2)32-30(31)34-29)18-24-14-15-26(19-28(24)36-5)38-17-10-16-35(3)4/h7-9,12-15,19,25H,6,10-11,16-18,20-21H2,1-5H3,(H3,31,32,33,34). The highest BCUT2D eigenvalue weighted by Crippen LogP contribution is 2.30. The number of aryl methyl sites for hydroxylation is 1. The van der Waals surface area contributed by atoms with E-state index in [1.807, 2.05) is 43.3 Å². The lowest BCUT2D eigenvalue weighted by Gasteiger charge is -2.22. The van der Waals surface area contributed by atoms with Crippen molar-refractivity contribution in [3.8, 4) is 11.5 Å². The van der Waals surface area contributed by atoms with Gasteiger partial charge in [-0.05, 0) is 51.1 Å². The zero-order chi connectivity index (χ0) is 27.3. The van der Waals surface area contributed by atoms with Gasteiger partial charge in [0.15, 0.2) is 0 Å². The lowest BCUT2D eigenvalue weighted by molar-refractivity contribution is 0.110. The lowest BCUT2D eigenvalue weighted by Crippen LogP contribution is -2.27. The molecule has 0 aliphatic rings. The second kappa shape index (κ2) is 15.1. The van der Waals surface area contributed by atoms with Crippen LogP contribution in [-0.2, 0) is 17.8 Å². The summed E-state index contributed by atoms with van der Waals surface area (Å²) in [6, 6.07) is 16.3. The first-order valence-corrected chi connectivity index (χ1v) is 13.3. The first-order valence-electron chi connectivity index (χ1n) is 13.3. The maximum atomic E-state index is 6.06. The molecule has 1 atom stereocenters. The van der Waals surface area contributed by atoms with Crippen molar-refractivity contribution < 1.29 is 14.2 Å². The van der Waals surface area contributed by atoms with E-state index >= 15 is 0 Å². The molecule has 0 radical (unpaired) electrons. The molecule has 0 saturated carbocycles. The molecule has 3 N–H and O–H groups in total. The molecule has 0 saturated heterocycles. The van der Waals surface area contributed by atoms with E-state index in [4.69, 9.17) is 19.9 Å². The minimum absolute atomic E-state index is 0.0935. The van der Waals surface area contributed by atoms with Crippen LogP contribution < -0.4 is 20.5 Å². The molecular formula is C30H43N5O3. The Hall–Kier alpha value is -3.36. The number of nitrogen functional groups attached to an aromatic ring is 1. The Morgan fingerprint density at radius 1 is 1.08 bits per heavy atom. The van der Waals surface area contributed by atoms with Crippen molar-refractivity contribution in [2.24, 2.45) is 0 Å². The Balaban J connectivity index is 1.73. The normalized spacial score (nSPS) is 11.9. The summed E-state index contributed by atoms with van der Waals surface area (Å²) in [7, 11) is 5.81. The van der Waals surface area contributed by atoms with E-state index in [1.165, 1.54) is 0 Å². The maximum absolute atomic E-state index is 6.06. The SMILES string of the molecule is CCCC(COCc1ccccc1)Nc1nc(N)nc(C)c1Cc1ccc(OCCCN(C)C)cc1OC. The van der Waals surface area contributed by atoms with Gasteiger partial charge in [-0.2, -0.15) is 4.98 Å². The van der Waals surface area contributed by atoms with Gasteiger partial charge in [-0.3, -0.25) is 0 Å². The van der Waals surface area contributed by atoms with Crippen molar-refractivity contribution in [3.63, 3.8) is 0 Å². The average molecular weight is 522 g/mol. The van der Waals surface area contributed by atoms with E-state index in [9.17, 15) is 0 Å². The van der Waals surface area contributed by atoms with Crippen molar-refractivity contribution in [3.05, 3.63) is 70.9 Å². The van der Waals surface area contributed by atoms with E-state index < -0.39 is 0 Å². The number of nitrogens with one attached hydrogen (secondary N) is 1. The summed E-state index contributed by atoms with van der Waals surface area (Å²) in [5.41, 5.74) is 10.1. The van der Waals surface area contributed by atoms with E-state index in [-0.39, 0.29) is 12.0 Å². The Kier molecular flexibility index (Phi) is 11.6. The molecule has 0 amide bonds. The largest absolute Gasteiger partial charge is 0.496 e. The fraction of sp³-hybridized carbons (Fsp3) is 0.467. The van der Waals surface area contributed by atoms with Gasteiger partial charge in [0.05, 0.1) is 33.0 Å². The highest BCUT2D eigenvalue weighted by Gasteiger charge is 2.18. The van der Waals surface area contributed by atoms with Gasteiger partial charge in [0, 0.05) is 30.3 Å². The van der Waals surface area contributed by atoms with Crippen LogP contribution in [0.4, 0.5) is 11.8 Å². The summed E-state index contributed by atoms with van der Waals surface area (Å²) < 4.78 is 17.7. The molecule has 0 spiro atoms. The quantitative estimate of drug-likeness (QED) is 0.252. The van der Waals surface area contributed by atoms with Crippen LogP contribution in [0.2, 0.25) is 0 Å². The second-order valence-corrected chi connectivity index (χ2v) is 9.78. The molecule has 0 aliphatic heterocycles. The highest BCUT2D eigenvalue weighted by molar-refractivity contribution is 5.54. The predicted molar refractivity (Wildman–Crippen MR) is 154 cm³/mol. The van der Waals surface area contributed by atoms with Crippen LogP contribution in [0.5, 0.6) is 11.5 Å². The van der Waals surface area contributed by atoms with E-state index in [1.54, 1.807) is 7.11 Å². The van der Waals surface area contributed by atoms with Crippen LogP contribution in [0.25, 0.3) is 0 Å². The zero-order valence-corrected chi connectivity index (χ0v) is 23.5. The number of hydrogen-bond acceptors (Lipinski definition) is 8. The molecule has 3 aromatic rings. The molecule has 38 heavy (non-hydrogen) atoms. The highest BCUT2D eigenvalue weighted by atomic mass is 16.5. The molecule has 0 fully saturated rings. The third-order valence-corrected chi connectivity index (χ3v) is 6.28. The Morgan fingerprint density at radius 3 is 2.58 bits per heavy atom. The third-order valence-electron chi connectivity index (χ3n) is 6.28. The van der Waals surface area contributed by atoms with Crippen molar-refractivity contribution >= 4 is 11.8 Å². The van der Waals surface area contributed by atoms with E-state index in [2.05, 4.69) is 53.3 Å². The first kappa shape index (κ1) is 29.2. The van der Waals surface area contributed by atoms with Crippen LogP contribution >= 0.6 is 0 Å². The van der Waals surface area contributed by atoms with Gasteiger partial charge in [-0.15, -0.1) is 0 Å². The molecular weight excluding hydrogens is 478 g/mol. The maximum Gasteiger partial charge on any atom is 0.222 e. The fourth-order valence-electron chi connectivity index (χ4n) is 4.30.